The molecule has 2 atom stereocenters. The Hall–Kier alpha value is -0.560. The van der Waals surface area contributed by atoms with Crippen LogP contribution in [0.5, 0.6) is 0 Å². The summed E-state index contributed by atoms with van der Waals surface area (Å²) in [5.41, 5.74) is 0. The van der Waals surface area contributed by atoms with Crippen LogP contribution in [0.25, 0.3) is 0 Å². The summed E-state index contributed by atoms with van der Waals surface area (Å²) in [5, 5.41) is 9.67. The normalized spacial score (nSPS) is 27.3. The van der Waals surface area contributed by atoms with Crippen molar-refractivity contribution >= 4 is 0 Å². The average Bonchev–Trinajstić information content (AvgIpc) is 2.20. The molecule has 0 saturated heterocycles. The van der Waals surface area contributed by atoms with Crippen LogP contribution < -0.4 is 0 Å². The Morgan fingerprint density at radius 1 is 1.43 bits per heavy atom. The fourth-order valence-electron chi connectivity index (χ4n) is 1.80. The first-order valence-electron chi connectivity index (χ1n) is 5.86. The lowest BCUT2D eigenvalue weighted by molar-refractivity contribution is 0.135. The molecule has 1 N–H and O–H groups in total. The SMILES string of the molecule is CCCCC/C=C/[C@@H]1C=CCC[C@H]1O. The molecule has 0 amide bonds. The molecule has 0 aromatic rings. The van der Waals surface area contributed by atoms with E-state index in [-0.39, 0.29) is 12.0 Å². The fourth-order valence-corrected chi connectivity index (χ4v) is 1.80. The van der Waals surface area contributed by atoms with Gasteiger partial charge in [0, 0.05) is 5.92 Å². The number of unbranched alkanes of at least 4 members (excludes halogenated alkanes) is 3. The summed E-state index contributed by atoms with van der Waals surface area (Å²) in [7, 11) is 0. The molecule has 0 aromatic heterocycles. The number of aliphatic hydroxyl groups is 1. The Balaban J connectivity index is 2.21. The van der Waals surface area contributed by atoms with Crippen LogP contribution in [0.3, 0.4) is 0 Å². The van der Waals surface area contributed by atoms with E-state index in [1.165, 1.54) is 19.3 Å². The Labute approximate surface area is 87.5 Å². The molecule has 0 spiro atoms. The number of hydrogen-bond donors (Lipinski definition) is 1. The highest BCUT2D eigenvalue weighted by molar-refractivity contribution is 5.06. The van der Waals surface area contributed by atoms with E-state index in [1.54, 1.807) is 0 Å². The molecular formula is C13H22O. The molecule has 0 radical (unpaired) electrons. The number of allylic oxidation sites excluding steroid dienone is 2. The average molecular weight is 194 g/mol. The van der Waals surface area contributed by atoms with Crippen LogP contribution in [0.1, 0.15) is 45.4 Å². The quantitative estimate of drug-likeness (QED) is 0.525. The number of hydrogen-bond acceptors (Lipinski definition) is 1. The highest BCUT2D eigenvalue weighted by atomic mass is 16.3. The van der Waals surface area contributed by atoms with Crippen LogP contribution >= 0.6 is 0 Å². The van der Waals surface area contributed by atoms with Crippen molar-refractivity contribution in [3.63, 3.8) is 0 Å². The molecule has 1 rings (SSSR count). The predicted molar refractivity (Wildman–Crippen MR) is 61.2 cm³/mol. The van der Waals surface area contributed by atoms with Gasteiger partial charge < -0.3 is 5.11 Å². The molecule has 1 aliphatic rings. The summed E-state index contributed by atoms with van der Waals surface area (Å²) in [5.74, 6) is 0.269. The van der Waals surface area contributed by atoms with Gasteiger partial charge in [-0.1, -0.05) is 44.1 Å². The van der Waals surface area contributed by atoms with Gasteiger partial charge in [0.1, 0.15) is 0 Å². The summed E-state index contributed by atoms with van der Waals surface area (Å²) in [6.45, 7) is 2.22. The Kier molecular flexibility index (Phi) is 5.62. The van der Waals surface area contributed by atoms with Crippen LogP contribution in [-0.2, 0) is 0 Å². The molecular weight excluding hydrogens is 172 g/mol. The topological polar surface area (TPSA) is 20.2 Å². The van der Waals surface area contributed by atoms with Crippen molar-refractivity contribution < 1.29 is 5.11 Å². The van der Waals surface area contributed by atoms with Gasteiger partial charge in [0.25, 0.3) is 0 Å². The van der Waals surface area contributed by atoms with Gasteiger partial charge in [0.2, 0.25) is 0 Å². The van der Waals surface area contributed by atoms with Crippen molar-refractivity contribution in [1.29, 1.82) is 0 Å². The first-order valence-corrected chi connectivity index (χ1v) is 5.86. The second kappa shape index (κ2) is 6.83. The van der Waals surface area contributed by atoms with Crippen molar-refractivity contribution in [2.75, 3.05) is 0 Å². The highest BCUT2D eigenvalue weighted by Gasteiger charge is 2.15. The lowest BCUT2D eigenvalue weighted by Gasteiger charge is -2.19. The van der Waals surface area contributed by atoms with Gasteiger partial charge in [0.15, 0.2) is 0 Å². The standard InChI is InChI=1S/C13H22O/c1-2-3-4-5-6-9-12-10-7-8-11-13(12)14/h6-7,9-10,12-14H,2-5,8,11H2,1H3/b9-6+/t12-,13-/m1/s1. The molecule has 1 aliphatic carbocycles. The molecule has 1 heteroatoms. The van der Waals surface area contributed by atoms with Gasteiger partial charge in [-0.05, 0) is 25.7 Å². The van der Waals surface area contributed by atoms with Crippen LogP contribution in [0, 0.1) is 5.92 Å². The number of aliphatic hydroxyl groups excluding tert-OH is 1. The van der Waals surface area contributed by atoms with Crippen LogP contribution in [0.4, 0.5) is 0 Å². The third-order valence-corrected chi connectivity index (χ3v) is 2.76. The van der Waals surface area contributed by atoms with E-state index in [1.807, 2.05) is 0 Å². The maximum absolute atomic E-state index is 9.67. The molecule has 0 aliphatic heterocycles. The Morgan fingerprint density at radius 3 is 3.00 bits per heavy atom. The maximum Gasteiger partial charge on any atom is 0.0640 e. The third-order valence-electron chi connectivity index (χ3n) is 2.76. The highest BCUT2D eigenvalue weighted by Crippen LogP contribution is 2.19. The lowest BCUT2D eigenvalue weighted by Crippen LogP contribution is -2.18. The maximum atomic E-state index is 9.67. The zero-order chi connectivity index (χ0) is 10.2. The molecule has 0 fully saturated rings. The monoisotopic (exact) mass is 194 g/mol. The second-order valence-corrected chi connectivity index (χ2v) is 4.07. The summed E-state index contributed by atoms with van der Waals surface area (Å²) < 4.78 is 0. The van der Waals surface area contributed by atoms with Gasteiger partial charge in [-0.3, -0.25) is 0 Å². The van der Waals surface area contributed by atoms with Crippen LogP contribution in [0.2, 0.25) is 0 Å². The van der Waals surface area contributed by atoms with Crippen LogP contribution in [-0.4, -0.2) is 11.2 Å². The molecule has 0 bridgehead atoms. The minimum atomic E-state index is -0.151. The van der Waals surface area contributed by atoms with Crippen molar-refractivity contribution in [2.45, 2.75) is 51.6 Å². The van der Waals surface area contributed by atoms with E-state index >= 15 is 0 Å². The molecule has 0 saturated carbocycles. The molecule has 0 aromatic carbocycles. The van der Waals surface area contributed by atoms with E-state index in [4.69, 9.17) is 0 Å². The van der Waals surface area contributed by atoms with E-state index in [2.05, 4.69) is 31.2 Å². The summed E-state index contributed by atoms with van der Waals surface area (Å²) in [6, 6.07) is 0. The zero-order valence-electron chi connectivity index (χ0n) is 9.15. The molecule has 1 nitrogen and oxygen atoms in total. The van der Waals surface area contributed by atoms with Gasteiger partial charge in [-0.15, -0.1) is 0 Å². The molecule has 0 heterocycles. The van der Waals surface area contributed by atoms with E-state index < -0.39 is 0 Å². The third kappa shape index (κ3) is 4.10. The van der Waals surface area contributed by atoms with Gasteiger partial charge in [-0.25, -0.2) is 0 Å². The van der Waals surface area contributed by atoms with Crippen molar-refractivity contribution in [3.8, 4) is 0 Å². The van der Waals surface area contributed by atoms with Gasteiger partial charge >= 0.3 is 0 Å². The van der Waals surface area contributed by atoms with Gasteiger partial charge in [0.05, 0.1) is 6.10 Å². The second-order valence-electron chi connectivity index (χ2n) is 4.07. The molecule has 80 valence electrons. The van der Waals surface area contributed by atoms with Crippen molar-refractivity contribution in [2.24, 2.45) is 5.92 Å². The predicted octanol–water partition coefficient (Wildman–Crippen LogP) is 3.45. The van der Waals surface area contributed by atoms with E-state index in [0.717, 1.165) is 19.3 Å². The zero-order valence-corrected chi connectivity index (χ0v) is 9.15. The summed E-state index contributed by atoms with van der Waals surface area (Å²) >= 11 is 0. The summed E-state index contributed by atoms with van der Waals surface area (Å²) in [6.07, 6.45) is 15.5. The van der Waals surface area contributed by atoms with E-state index in [9.17, 15) is 5.11 Å². The smallest absolute Gasteiger partial charge is 0.0640 e. The van der Waals surface area contributed by atoms with Crippen molar-refractivity contribution in [1.82, 2.24) is 0 Å². The molecule has 0 unspecified atom stereocenters. The molecule has 14 heavy (non-hydrogen) atoms. The Morgan fingerprint density at radius 2 is 2.29 bits per heavy atom. The minimum Gasteiger partial charge on any atom is -0.392 e. The first-order chi connectivity index (χ1) is 6.84. The fraction of sp³-hybridized carbons (Fsp3) is 0.692. The summed E-state index contributed by atoms with van der Waals surface area (Å²) in [4.78, 5) is 0. The first kappa shape index (κ1) is 11.5. The van der Waals surface area contributed by atoms with Crippen LogP contribution in [0.15, 0.2) is 24.3 Å². The van der Waals surface area contributed by atoms with Gasteiger partial charge in [-0.2, -0.15) is 0 Å². The Bertz CT molecular complexity index is 193. The van der Waals surface area contributed by atoms with E-state index in [0.29, 0.717) is 0 Å². The lowest BCUT2D eigenvalue weighted by atomic mass is 9.92. The largest absolute Gasteiger partial charge is 0.392 e. The van der Waals surface area contributed by atoms with Crippen molar-refractivity contribution in [3.05, 3.63) is 24.3 Å². The minimum absolute atomic E-state index is 0.151. The number of rotatable bonds is 5.